The van der Waals surface area contributed by atoms with Crippen LogP contribution in [-0.4, -0.2) is 64.4 Å². The number of carbonyl (C=O) groups is 1. The van der Waals surface area contributed by atoms with Gasteiger partial charge in [-0.25, -0.2) is 0 Å². The van der Waals surface area contributed by atoms with Gasteiger partial charge in [0, 0.05) is 31.0 Å². The molecule has 0 radical (unpaired) electrons. The van der Waals surface area contributed by atoms with Crippen molar-refractivity contribution in [2.45, 2.75) is 139 Å². The first-order valence-electron chi connectivity index (χ1n) is 14.5. The molecule has 36 heavy (non-hydrogen) atoms. The molecule has 1 N–H and O–H groups in total. The van der Waals surface area contributed by atoms with E-state index in [2.05, 4.69) is 94.9 Å². The van der Waals surface area contributed by atoms with Gasteiger partial charge in [-0.05, 0) is 88.1 Å². The van der Waals surface area contributed by atoms with E-state index in [-0.39, 0.29) is 39.1 Å². The van der Waals surface area contributed by atoms with E-state index in [1.54, 1.807) is 4.90 Å². The first-order valence-corrected chi connectivity index (χ1v) is 14.5. The summed E-state index contributed by atoms with van der Waals surface area (Å²) < 4.78 is 6.31. The third-order valence-corrected chi connectivity index (χ3v) is 10.5. The van der Waals surface area contributed by atoms with Crippen molar-refractivity contribution in [2.24, 2.45) is 27.6 Å². The quantitative estimate of drug-likeness (QED) is 0.300. The molecule has 2 rings (SSSR count). The molecule has 1 saturated heterocycles. The van der Waals surface area contributed by atoms with Crippen molar-refractivity contribution >= 4 is 5.91 Å². The summed E-state index contributed by atoms with van der Waals surface area (Å²) in [6.07, 6.45) is 3.68. The molecule has 1 aliphatic carbocycles. The van der Waals surface area contributed by atoms with E-state index >= 15 is 0 Å². The number of hydrogen-bond acceptors (Lipinski definition) is 4. The van der Waals surface area contributed by atoms with Crippen molar-refractivity contribution in [1.82, 2.24) is 9.80 Å². The lowest BCUT2D eigenvalue weighted by Gasteiger charge is -2.41. The van der Waals surface area contributed by atoms with E-state index in [0.29, 0.717) is 19.4 Å². The van der Waals surface area contributed by atoms with Crippen LogP contribution < -0.4 is 0 Å². The van der Waals surface area contributed by atoms with Crippen molar-refractivity contribution in [2.75, 3.05) is 26.2 Å². The Bertz CT molecular complexity index is 764. The molecule has 2 aliphatic rings. The van der Waals surface area contributed by atoms with Crippen molar-refractivity contribution in [3.8, 4) is 0 Å². The summed E-state index contributed by atoms with van der Waals surface area (Å²) >= 11 is 0. The van der Waals surface area contributed by atoms with Crippen LogP contribution in [0.1, 0.15) is 122 Å². The Kier molecular flexibility index (Phi) is 9.20. The van der Waals surface area contributed by atoms with Gasteiger partial charge in [-0.15, -0.1) is 0 Å². The van der Waals surface area contributed by atoms with Gasteiger partial charge in [0.15, 0.2) is 0 Å². The summed E-state index contributed by atoms with van der Waals surface area (Å²) in [4.78, 5) is 18.0. The highest BCUT2D eigenvalue weighted by Gasteiger charge is 2.67. The van der Waals surface area contributed by atoms with E-state index in [0.717, 1.165) is 32.5 Å². The van der Waals surface area contributed by atoms with Gasteiger partial charge < -0.3 is 19.6 Å². The zero-order valence-electron chi connectivity index (χ0n) is 26.2. The first kappa shape index (κ1) is 31.6. The molecule has 0 aromatic heterocycles. The maximum absolute atomic E-state index is 13.8. The van der Waals surface area contributed by atoms with Crippen LogP contribution in [0.5, 0.6) is 0 Å². The molecule has 0 spiro atoms. The molecule has 2 fully saturated rings. The van der Waals surface area contributed by atoms with Crippen LogP contribution in [0, 0.1) is 27.6 Å². The fourth-order valence-electron chi connectivity index (χ4n) is 7.12. The number of aliphatic hydroxyl groups excluding tert-OH is 1. The minimum absolute atomic E-state index is 0.111. The smallest absolute Gasteiger partial charge is 0.228 e. The van der Waals surface area contributed by atoms with Gasteiger partial charge >= 0.3 is 0 Å². The molecule has 0 aromatic carbocycles. The second-order valence-corrected chi connectivity index (χ2v) is 15.4. The van der Waals surface area contributed by atoms with Gasteiger partial charge in [0.1, 0.15) is 6.23 Å². The molecule has 1 saturated carbocycles. The normalized spacial score (nSPS) is 30.0. The van der Waals surface area contributed by atoms with Gasteiger partial charge in [-0.3, -0.25) is 4.79 Å². The van der Waals surface area contributed by atoms with Crippen molar-refractivity contribution < 1.29 is 14.6 Å². The van der Waals surface area contributed by atoms with Crippen LogP contribution in [0.4, 0.5) is 0 Å². The van der Waals surface area contributed by atoms with Gasteiger partial charge in [-0.2, -0.15) is 0 Å². The highest BCUT2D eigenvalue weighted by Crippen LogP contribution is 2.75. The van der Waals surface area contributed by atoms with Crippen LogP contribution in [0.25, 0.3) is 0 Å². The van der Waals surface area contributed by atoms with Crippen LogP contribution in [0.2, 0.25) is 0 Å². The zero-order valence-corrected chi connectivity index (χ0v) is 26.2. The summed E-state index contributed by atoms with van der Waals surface area (Å²) in [7, 11) is 0. The number of hydrogen-bond donors (Lipinski definition) is 1. The molecule has 5 heteroatoms. The zero-order chi connectivity index (χ0) is 28.0. The van der Waals surface area contributed by atoms with E-state index in [9.17, 15) is 9.90 Å². The molecular weight excluding hydrogens is 448 g/mol. The van der Waals surface area contributed by atoms with Gasteiger partial charge in [0.25, 0.3) is 0 Å². The van der Waals surface area contributed by atoms with Crippen LogP contribution in [0.15, 0.2) is 0 Å². The Morgan fingerprint density at radius 2 is 1.56 bits per heavy atom. The Hall–Kier alpha value is -0.650. The largest absolute Gasteiger partial charge is 0.375 e. The lowest BCUT2D eigenvalue weighted by atomic mass is 9.66. The number of likely N-dealkylation sites (tertiary alicyclic amines) is 1. The Morgan fingerprint density at radius 1 is 1.00 bits per heavy atom. The predicted molar refractivity (Wildman–Crippen MR) is 151 cm³/mol. The second-order valence-electron chi connectivity index (χ2n) is 15.4. The minimum Gasteiger partial charge on any atom is -0.375 e. The minimum atomic E-state index is -0.728. The van der Waals surface area contributed by atoms with Crippen molar-refractivity contribution in [3.05, 3.63) is 0 Å². The maximum Gasteiger partial charge on any atom is 0.228 e. The number of aliphatic hydroxyl groups is 1. The molecule has 0 aromatic rings. The Labute approximate surface area is 223 Å². The monoisotopic (exact) mass is 508 g/mol. The molecule has 1 amide bonds. The lowest BCUT2D eigenvalue weighted by molar-refractivity contribution is -0.147. The van der Waals surface area contributed by atoms with Crippen LogP contribution in [0.3, 0.4) is 0 Å². The highest BCUT2D eigenvalue weighted by atomic mass is 16.5. The number of carbonyl (C=O) groups excluding carboxylic acids is 1. The molecule has 1 heterocycles. The first-order chi connectivity index (χ1) is 16.2. The second kappa shape index (κ2) is 10.5. The number of ether oxygens (including phenoxy) is 1. The van der Waals surface area contributed by atoms with Gasteiger partial charge in [0.05, 0.1) is 5.60 Å². The summed E-state index contributed by atoms with van der Waals surface area (Å²) in [6.45, 7) is 32.9. The summed E-state index contributed by atoms with van der Waals surface area (Å²) in [6, 6.07) is 0. The fourth-order valence-corrected chi connectivity index (χ4v) is 7.12. The topological polar surface area (TPSA) is 53.0 Å². The number of amides is 1. The Balaban J connectivity index is 2.01. The summed E-state index contributed by atoms with van der Waals surface area (Å²) in [5.74, 6) is -0.0418. The van der Waals surface area contributed by atoms with Crippen molar-refractivity contribution in [3.63, 3.8) is 0 Å². The Morgan fingerprint density at radius 3 is 2.03 bits per heavy atom. The predicted octanol–water partition coefficient (Wildman–Crippen LogP) is 6.73. The lowest BCUT2D eigenvalue weighted by Crippen LogP contribution is -2.51. The third-order valence-electron chi connectivity index (χ3n) is 10.5. The molecule has 212 valence electrons. The van der Waals surface area contributed by atoms with E-state index in [1.165, 1.54) is 6.42 Å². The van der Waals surface area contributed by atoms with E-state index in [4.69, 9.17) is 4.74 Å². The number of nitrogens with zero attached hydrogens (tertiary/aromatic N) is 2. The molecule has 5 nitrogen and oxygen atoms in total. The average Bonchev–Trinajstić information content (AvgIpc) is 3.10. The van der Waals surface area contributed by atoms with Crippen LogP contribution >= 0.6 is 0 Å². The third kappa shape index (κ3) is 6.49. The number of rotatable bonds is 13. The summed E-state index contributed by atoms with van der Waals surface area (Å²) in [5, 5.41) is 11.1. The average molecular weight is 509 g/mol. The fraction of sp³-hybridized carbons (Fsp3) is 0.968. The molecule has 1 aliphatic heterocycles. The van der Waals surface area contributed by atoms with E-state index in [1.807, 2.05) is 0 Å². The highest BCUT2D eigenvalue weighted by molar-refractivity contribution is 5.82. The van der Waals surface area contributed by atoms with Gasteiger partial charge in [0.2, 0.25) is 5.91 Å². The SMILES string of the molecule is CCN(CC)CCC(C)(C)OCCC(C)(C)N1C(=O)C(C(C)(C)CC2(C)CC2(C)C(C)(C)C)CC1O. The standard InChI is InChI=1S/C31H60N2O3/c1-14-32(15-2)18-16-29(10,11)36-19-17-28(8,9)33-24(34)20-23(25(33)35)27(6,7)21-30(12)22-31(30,13)26(3,4)5/h23-24,34H,14-22H2,1-13H3. The van der Waals surface area contributed by atoms with E-state index < -0.39 is 11.8 Å². The van der Waals surface area contributed by atoms with Gasteiger partial charge in [-0.1, -0.05) is 62.3 Å². The molecule has 4 atom stereocenters. The summed E-state index contributed by atoms with van der Waals surface area (Å²) in [5.41, 5.74) is -0.0803. The molecular formula is C31H60N2O3. The molecule has 4 unspecified atom stereocenters. The van der Waals surface area contributed by atoms with Crippen molar-refractivity contribution in [1.29, 1.82) is 0 Å². The maximum atomic E-state index is 13.8. The van der Waals surface area contributed by atoms with Crippen LogP contribution in [-0.2, 0) is 9.53 Å². The molecule has 0 bridgehead atoms.